The monoisotopic (exact) mass is 651 g/mol. The van der Waals surface area contributed by atoms with E-state index in [0.29, 0.717) is 35.1 Å². The fourth-order valence-corrected chi connectivity index (χ4v) is 7.25. The van der Waals surface area contributed by atoms with Crippen molar-refractivity contribution in [2.45, 2.75) is 24.9 Å². The Labute approximate surface area is 267 Å². The molecule has 3 aliphatic heterocycles. The number of Topliss-reactive ketones (excluding diaryl/α,β-unsaturated/α-hetero) is 2. The van der Waals surface area contributed by atoms with Gasteiger partial charge in [0.15, 0.2) is 17.2 Å². The van der Waals surface area contributed by atoms with E-state index in [1.54, 1.807) is 19.1 Å². The number of ether oxygens (including phenoxy) is 6. The van der Waals surface area contributed by atoms with Gasteiger partial charge in [-0.25, -0.2) is 4.79 Å². The second-order valence-corrected chi connectivity index (χ2v) is 11.9. The second-order valence-electron chi connectivity index (χ2n) is 11.6. The zero-order valence-corrected chi connectivity index (χ0v) is 26.6. The molecule has 0 bridgehead atoms. The lowest BCUT2D eigenvalue weighted by atomic mass is 9.66. The van der Waals surface area contributed by atoms with Crippen molar-refractivity contribution in [3.63, 3.8) is 0 Å². The molecule has 14 heteroatoms. The summed E-state index contributed by atoms with van der Waals surface area (Å²) in [5.41, 5.74) is -2.03. The van der Waals surface area contributed by atoms with Crippen molar-refractivity contribution < 1.29 is 38.0 Å². The maximum absolute atomic E-state index is 15.1. The number of halogens is 1. The Balaban J connectivity index is 1.49. The highest BCUT2D eigenvalue weighted by Crippen LogP contribution is 2.57. The van der Waals surface area contributed by atoms with Gasteiger partial charge in [-0.1, -0.05) is 18.5 Å². The van der Waals surface area contributed by atoms with Crippen molar-refractivity contribution in [2.24, 2.45) is 20.0 Å². The minimum Gasteiger partial charge on any atom is -0.496 e. The van der Waals surface area contributed by atoms with Crippen LogP contribution in [0.5, 0.6) is 34.5 Å². The van der Waals surface area contributed by atoms with Crippen LogP contribution in [0.1, 0.15) is 40.7 Å². The summed E-state index contributed by atoms with van der Waals surface area (Å²) in [5, 5.41) is 3.23. The topological polar surface area (TPSA) is 146 Å². The normalized spacial score (nSPS) is 22.5. The number of aromatic nitrogens is 2. The Morgan fingerprint density at radius 1 is 0.891 bits per heavy atom. The molecule has 0 saturated heterocycles. The Kier molecular flexibility index (Phi) is 6.67. The third-order valence-electron chi connectivity index (χ3n) is 9.26. The van der Waals surface area contributed by atoms with E-state index in [2.05, 4.69) is 5.32 Å². The van der Waals surface area contributed by atoms with Crippen molar-refractivity contribution in [1.82, 2.24) is 9.13 Å². The summed E-state index contributed by atoms with van der Waals surface area (Å²) in [6.45, 7) is 2.32. The van der Waals surface area contributed by atoms with Gasteiger partial charge in [0, 0.05) is 43.3 Å². The van der Waals surface area contributed by atoms with Gasteiger partial charge in [0.05, 0.1) is 26.9 Å². The van der Waals surface area contributed by atoms with Crippen molar-refractivity contribution in [1.29, 1.82) is 0 Å². The Morgan fingerprint density at radius 2 is 1.59 bits per heavy atom. The summed E-state index contributed by atoms with van der Waals surface area (Å²) in [4.78, 5) is 56.6. The van der Waals surface area contributed by atoms with E-state index in [1.165, 1.54) is 46.1 Å². The first-order chi connectivity index (χ1) is 22.0. The minimum absolute atomic E-state index is 0.0207. The molecule has 0 radical (unpaired) electrons. The summed E-state index contributed by atoms with van der Waals surface area (Å²) < 4.78 is 36.9. The van der Waals surface area contributed by atoms with Crippen molar-refractivity contribution in [3.05, 3.63) is 72.0 Å². The highest BCUT2D eigenvalue weighted by atomic mass is 35.5. The molecule has 1 N–H and O–H groups in total. The quantitative estimate of drug-likeness (QED) is 0.416. The van der Waals surface area contributed by atoms with E-state index in [4.69, 9.17) is 40.0 Å². The first-order valence-electron chi connectivity index (χ1n) is 14.5. The van der Waals surface area contributed by atoms with Crippen molar-refractivity contribution in [3.8, 4) is 34.5 Å². The Morgan fingerprint density at radius 3 is 2.28 bits per heavy atom. The van der Waals surface area contributed by atoms with Crippen LogP contribution in [-0.4, -0.2) is 60.8 Å². The number of benzene rings is 2. The van der Waals surface area contributed by atoms with Gasteiger partial charge in [-0.15, -0.1) is 0 Å². The van der Waals surface area contributed by atoms with Crippen LogP contribution in [0.25, 0.3) is 0 Å². The number of carbonyl (C=O) groups is 2. The average molecular weight is 652 g/mol. The van der Waals surface area contributed by atoms with Crippen LogP contribution >= 0.6 is 11.6 Å². The summed E-state index contributed by atoms with van der Waals surface area (Å²) in [6, 6.07) is 4.81. The van der Waals surface area contributed by atoms with Crippen LogP contribution in [-0.2, 0) is 18.9 Å². The zero-order chi connectivity index (χ0) is 32.8. The second kappa shape index (κ2) is 10.3. The third kappa shape index (κ3) is 3.74. The molecule has 0 fully saturated rings. The van der Waals surface area contributed by atoms with E-state index >= 15 is 4.79 Å². The van der Waals surface area contributed by atoms with Crippen LogP contribution in [0.3, 0.4) is 0 Å². The molecule has 7 rings (SSSR count). The lowest BCUT2D eigenvalue weighted by Crippen LogP contribution is -2.58. The molecular weight excluding hydrogens is 622 g/mol. The van der Waals surface area contributed by atoms with Crippen LogP contribution in [0.2, 0.25) is 5.02 Å². The number of hydrogen-bond acceptors (Lipinski definition) is 11. The smallest absolute Gasteiger partial charge is 0.332 e. The van der Waals surface area contributed by atoms with Gasteiger partial charge >= 0.3 is 5.69 Å². The first-order valence-corrected chi connectivity index (χ1v) is 14.9. The Hall–Kier alpha value is -4.91. The molecule has 4 heterocycles. The van der Waals surface area contributed by atoms with Gasteiger partial charge in [-0.05, 0) is 24.1 Å². The van der Waals surface area contributed by atoms with Crippen molar-refractivity contribution in [2.75, 3.05) is 39.9 Å². The molecule has 240 valence electrons. The standard InChI is InChI=1S/C32H30ClN3O10/c1-13-9-15-21(27(37)32(13)28(38)22-16(41-4)12-17(42-5)24(33)26(22)46-32)20(23-29(34-15)35(2)31(40)36(3)30(23)39)14-10-18(43-6)25-19(11-14)44-7-8-45-25/h10-13,20,34H,7-9H2,1-6H3. The lowest BCUT2D eigenvalue weighted by molar-refractivity contribution is -0.130. The number of allylic oxidation sites excluding steroid dienone is 1. The molecule has 2 aromatic carbocycles. The van der Waals surface area contributed by atoms with Crippen LogP contribution in [0.4, 0.5) is 5.82 Å². The molecule has 0 amide bonds. The predicted octanol–water partition coefficient (Wildman–Crippen LogP) is 2.97. The van der Waals surface area contributed by atoms with Crippen molar-refractivity contribution >= 4 is 29.0 Å². The molecule has 3 atom stereocenters. The number of nitrogens with zero attached hydrogens (tertiary/aromatic N) is 2. The number of methoxy groups -OCH3 is 3. The molecule has 0 saturated carbocycles. The summed E-state index contributed by atoms with van der Waals surface area (Å²) in [7, 11) is 7.18. The molecule has 1 aromatic heterocycles. The van der Waals surface area contributed by atoms with Gasteiger partial charge < -0.3 is 33.7 Å². The molecule has 46 heavy (non-hydrogen) atoms. The van der Waals surface area contributed by atoms with Crippen LogP contribution in [0.15, 0.2) is 39.1 Å². The van der Waals surface area contributed by atoms with Crippen LogP contribution in [0, 0.1) is 5.92 Å². The molecular formula is C32H30ClN3O10. The summed E-state index contributed by atoms with van der Waals surface area (Å²) >= 11 is 6.64. The maximum Gasteiger partial charge on any atom is 0.332 e. The fourth-order valence-electron chi connectivity index (χ4n) is 6.98. The highest BCUT2D eigenvalue weighted by molar-refractivity contribution is 6.36. The van der Waals surface area contributed by atoms with E-state index in [9.17, 15) is 14.4 Å². The largest absolute Gasteiger partial charge is 0.496 e. The number of rotatable bonds is 4. The summed E-state index contributed by atoms with van der Waals surface area (Å²) in [6.07, 6.45) is 0.152. The number of carbonyl (C=O) groups excluding carboxylic acids is 2. The molecule has 13 nitrogen and oxygen atoms in total. The van der Waals surface area contributed by atoms with Gasteiger partial charge in [0.1, 0.15) is 41.1 Å². The average Bonchev–Trinajstić information content (AvgIpc) is 3.38. The highest BCUT2D eigenvalue weighted by Gasteiger charge is 2.64. The van der Waals surface area contributed by atoms with Gasteiger partial charge in [0.25, 0.3) is 5.56 Å². The summed E-state index contributed by atoms with van der Waals surface area (Å²) in [5.74, 6) is -1.42. The lowest BCUT2D eigenvalue weighted by Gasteiger charge is -2.42. The molecule has 4 aliphatic rings. The maximum atomic E-state index is 15.1. The fraction of sp³-hybridized carbons (Fsp3) is 0.375. The number of fused-ring (bicyclic) bond motifs is 3. The van der Waals surface area contributed by atoms with Gasteiger partial charge in [-0.3, -0.25) is 23.5 Å². The molecule has 1 spiro atoms. The van der Waals surface area contributed by atoms with Crippen LogP contribution < -0.4 is 45.0 Å². The Bertz CT molecular complexity index is 2030. The van der Waals surface area contributed by atoms with Gasteiger partial charge in [0.2, 0.25) is 22.9 Å². The molecule has 3 aromatic rings. The first kappa shape index (κ1) is 29.8. The number of hydrogen-bond donors (Lipinski definition) is 1. The molecule has 1 aliphatic carbocycles. The van der Waals surface area contributed by atoms with E-state index in [-0.39, 0.29) is 57.8 Å². The number of anilines is 1. The number of nitrogens with one attached hydrogen (secondary N) is 1. The van der Waals surface area contributed by atoms with E-state index < -0.39 is 40.3 Å². The molecule has 3 unspecified atom stereocenters. The van der Waals surface area contributed by atoms with E-state index in [1.807, 2.05) is 0 Å². The number of ketones is 2. The van der Waals surface area contributed by atoms with Gasteiger partial charge in [-0.2, -0.15) is 0 Å². The third-order valence-corrected chi connectivity index (χ3v) is 9.62. The minimum atomic E-state index is -2.04. The van der Waals surface area contributed by atoms with E-state index in [0.717, 1.165) is 4.57 Å². The predicted molar refractivity (Wildman–Crippen MR) is 164 cm³/mol. The SMILES string of the molecule is COc1cc(OC)c2c(c1Cl)OC1(C(=O)C3=C(CC1C)Nc1c(c(=O)n(C)c(=O)n1C)C3c1cc(OC)c3c(c1)OCCO3)C2=O. The zero-order valence-electron chi connectivity index (χ0n) is 25.9.